The van der Waals surface area contributed by atoms with Gasteiger partial charge in [0, 0.05) is 19.2 Å². The van der Waals surface area contributed by atoms with E-state index in [1.165, 1.54) is 18.4 Å². The second-order valence-corrected chi connectivity index (χ2v) is 8.12. The van der Waals surface area contributed by atoms with Gasteiger partial charge in [0.2, 0.25) is 0 Å². The van der Waals surface area contributed by atoms with Gasteiger partial charge in [-0.15, -0.1) is 0 Å². The second-order valence-electron chi connectivity index (χ2n) is 8.12. The Bertz CT molecular complexity index is 593. The normalized spacial score (nSPS) is 26.2. The van der Waals surface area contributed by atoms with E-state index in [-0.39, 0.29) is 0 Å². The Morgan fingerprint density at radius 3 is 2.92 bits per heavy atom. The fourth-order valence-corrected chi connectivity index (χ4v) is 4.20. The summed E-state index contributed by atoms with van der Waals surface area (Å²) in [5.41, 5.74) is 2.75. The molecule has 0 aliphatic heterocycles. The van der Waals surface area contributed by atoms with Crippen LogP contribution in [0, 0.1) is 24.2 Å². The quantitative estimate of drug-likeness (QED) is 0.741. The van der Waals surface area contributed by atoms with Crippen LogP contribution in [0.1, 0.15) is 38.1 Å². The van der Waals surface area contributed by atoms with Crippen molar-refractivity contribution in [1.29, 1.82) is 0 Å². The number of allylic oxidation sites excluding steroid dienone is 1. The first-order chi connectivity index (χ1) is 11.4. The Morgan fingerprint density at radius 1 is 1.50 bits per heavy atom. The number of ether oxygens (including phenoxy) is 1. The van der Waals surface area contributed by atoms with Crippen LogP contribution in [-0.4, -0.2) is 48.1 Å². The zero-order chi connectivity index (χ0) is 17.3. The maximum atomic E-state index is 10.2. The summed E-state index contributed by atoms with van der Waals surface area (Å²) in [5.74, 6) is 2.33. The summed E-state index contributed by atoms with van der Waals surface area (Å²) in [4.78, 5) is 2.03. The van der Waals surface area contributed by atoms with Crippen molar-refractivity contribution in [3.8, 4) is 0 Å². The maximum absolute atomic E-state index is 10.2. The van der Waals surface area contributed by atoms with E-state index in [1.807, 2.05) is 24.9 Å². The molecular formula is C19H30N2O3. The van der Waals surface area contributed by atoms with Gasteiger partial charge >= 0.3 is 0 Å². The van der Waals surface area contributed by atoms with Gasteiger partial charge in [0.15, 0.2) is 0 Å². The Hall–Kier alpha value is -1.17. The smallest absolute Gasteiger partial charge is 0.133 e. The topological polar surface area (TPSA) is 58.7 Å². The van der Waals surface area contributed by atoms with Crippen molar-refractivity contribution in [3.05, 3.63) is 29.2 Å². The van der Waals surface area contributed by atoms with Crippen LogP contribution < -0.4 is 0 Å². The summed E-state index contributed by atoms with van der Waals surface area (Å²) < 4.78 is 10.9. The molecule has 5 nitrogen and oxygen atoms in total. The molecule has 134 valence electrons. The minimum atomic E-state index is -0.491. The van der Waals surface area contributed by atoms with E-state index in [0.29, 0.717) is 37.6 Å². The zero-order valence-corrected chi connectivity index (χ0v) is 15.3. The molecule has 24 heavy (non-hydrogen) atoms. The highest BCUT2D eigenvalue weighted by Gasteiger charge is 2.50. The molecule has 0 spiro atoms. The van der Waals surface area contributed by atoms with Crippen LogP contribution in [0.25, 0.3) is 0 Å². The summed E-state index contributed by atoms with van der Waals surface area (Å²) in [7, 11) is 1.97. The molecule has 1 saturated carbocycles. The molecule has 5 heteroatoms. The molecule has 2 bridgehead atoms. The lowest BCUT2D eigenvalue weighted by molar-refractivity contribution is -0.0257. The maximum Gasteiger partial charge on any atom is 0.133 e. The Balaban J connectivity index is 1.37. The van der Waals surface area contributed by atoms with Crippen LogP contribution >= 0.6 is 0 Å². The highest BCUT2D eigenvalue weighted by atomic mass is 16.5. The molecule has 0 unspecified atom stereocenters. The summed E-state index contributed by atoms with van der Waals surface area (Å²) >= 11 is 0. The molecule has 0 aromatic carbocycles. The summed E-state index contributed by atoms with van der Waals surface area (Å²) in [6, 6.07) is 1.92. The van der Waals surface area contributed by atoms with E-state index >= 15 is 0 Å². The third kappa shape index (κ3) is 3.73. The number of rotatable bonds is 8. The van der Waals surface area contributed by atoms with Crippen molar-refractivity contribution in [2.75, 3.05) is 26.8 Å². The number of aromatic nitrogens is 1. The first-order valence-corrected chi connectivity index (χ1v) is 8.91. The fourth-order valence-electron chi connectivity index (χ4n) is 4.20. The zero-order valence-electron chi connectivity index (χ0n) is 15.3. The number of nitrogens with zero attached hydrogens (tertiary/aromatic N) is 2. The molecule has 3 atom stereocenters. The first-order valence-electron chi connectivity index (χ1n) is 8.91. The number of likely N-dealkylation sites (N-methyl/N-ethyl adjacent to an activating group) is 1. The Morgan fingerprint density at radius 2 is 2.29 bits per heavy atom. The molecule has 1 aromatic heterocycles. The largest absolute Gasteiger partial charge is 0.389 e. The lowest BCUT2D eigenvalue weighted by Crippen LogP contribution is -2.48. The molecule has 1 N–H and O–H groups in total. The molecule has 4 rings (SSSR count). The van der Waals surface area contributed by atoms with Crippen LogP contribution in [0.5, 0.6) is 0 Å². The molecule has 3 aliphatic rings. The van der Waals surface area contributed by atoms with Gasteiger partial charge in [-0.05, 0) is 49.6 Å². The lowest BCUT2D eigenvalue weighted by atomic mass is 9.49. The minimum Gasteiger partial charge on any atom is -0.389 e. The number of hydrogen-bond donors (Lipinski definition) is 1. The molecule has 0 saturated heterocycles. The average Bonchev–Trinajstić information content (AvgIpc) is 2.92. The van der Waals surface area contributed by atoms with Gasteiger partial charge in [0.25, 0.3) is 0 Å². The van der Waals surface area contributed by atoms with Gasteiger partial charge in [-0.2, -0.15) is 0 Å². The number of aliphatic hydroxyl groups is 1. The van der Waals surface area contributed by atoms with E-state index in [9.17, 15) is 5.11 Å². The third-order valence-electron chi connectivity index (χ3n) is 5.79. The summed E-state index contributed by atoms with van der Waals surface area (Å²) in [6.07, 6.45) is 4.36. The van der Waals surface area contributed by atoms with Crippen molar-refractivity contribution >= 4 is 0 Å². The Labute approximate surface area is 144 Å². The van der Waals surface area contributed by atoms with Crippen molar-refractivity contribution < 1.29 is 14.4 Å². The second kappa shape index (κ2) is 6.98. The molecule has 1 heterocycles. The molecular weight excluding hydrogens is 304 g/mol. The number of fused-ring (bicyclic) bond motifs is 1. The van der Waals surface area contributed by atoms with Crippen LogP contribution in [-0.2, 0) is 11.3 Å². The van der Waals surface area contributed by atoms with Gasteiger partial charge in [-0.25, -0.2) is 0 Å². The van der Waals surface area contributed by atoms with Gasteiger partial charge in [0.1, 0.15) is 5.76 Å². The van der Waals surface area contributed by atoms with Gasteiger partial charge in [0.05, 0.1) is 25.0 Å². The van der Waals surface area contributed by atoms with Crippen molar-refractivity contribution in [3.63, 3.8) is 0 Å². The number of aliphatic hydroxyl groups excluding tert-OH is 1. The fraction of sp³-hybridized carbons (Fsp3) is 0.737. The average molecular weight is 334 g/mol. The van der Waals surface area contributed by atoms with Crippen molar-refractivity contribution in [1.82, 2.24) is 10.1 Å². The van der Waals surface area contributed by atoms with E-state index < -0.39 is 6.10 Å². The van der Waals surface area contributed by atoms with E-state index in [4.69, 9.17) is 9.26 Å². The van der Waals surface area contributed by atoms with Crippen LogP contribution in [0.4, 0.5) is 0 Å². The van der Waals surface area contributed by atoms with Crippen LogP contribution in [0.15, 0.2) is 22.2 Å². The molecule has 0 radical (unpaired) electrons. The standard InChI is InChI=1S/C19H30N2O3/c1-13-7-16(20-24-13)9-21(4)10-17(22)12-23-11-14-5-6-15-8-18(14)19(15,2)3/h5,7,15,17-18,22H,6,8-12H2,1-4H3/t15-,17+,18+/m1/s1. The third-order valence-corrected chi connectivity index (χ3v) is 5.79. The highest BCUT2D eigenvalue weighted by molar-refractivity contribution is 5.23. The monoisotopic (exact) mass is 334 g/mol. The Kier molecular flexibility index (Phi) is 5.13. The van der Waals surface area contributed by atoms with Crippen LogP contribution in [0.2, 0.25) is 0 Å². The number of aryl methyl sites for hydroxylation is 1. The van der Waals surface area contributed by atoms with Gasteiger partial charge in [-0.3, -0.25) is 4.90 Å². The summed E-state index contributed by atoms with van der Waals surface area (Å²) in [6.45, 7) is 8.87. The highest BCUT2D eigenvalue weighted by Crippen LogP contribution is 2.59. The van der Waals surface area contributed by atoms with E-state index in [0.717, 1.165) is 17.4 Å². The number of hydrogen-bond acceptors (Lipinski definition) is 5. The summed E-state index contributed by atoms with van der Waals surface area (Å²) in [5, 5.41) is 14.2. The van der Waals surface area contributed by atoms with Gasteiger partial charge < -0.3 is 14.4 Å². The van der Waals surface area contributed by atoms with Crippen LogP contribution in [0.3, 0.4) is 0 Å². The van der Waals surface area contributed by atoms with Crippen molar-refractivity contribution in [2.24, 2.45) is 17.3 Å². The molecule has 1 aromatic rings. The van der Waals surface area contributed by atoms with E-state index in [1.54, 1.807) is 0 Å². The molecule has 3 aliphatic carbocycles. The van der Waals surface area contributed by atoms with E-state index in [2.05, 4.69) is 25.1 Å². The minimum absolute atomic E-state index is 0.371. The molecule has 0 amide bonds. The van der Waals surface area contributed by atoms with Gasteiger partial charge in [-0.1, -0.05) is 25.1 Å². The predicted octanol–water partition coefficient (Wildman–Crippen LogP) is 2.78. The first kappa shape index (κ1) is 17.6. The lowest BCUT2D eigenvalue weighted by Gasteiger charge is -2.56. The predicted molar refractivity (Wildman–Crippen MR) is 92.5 cm³/mol. The SMILES string of the molecule is Cc1cc(CN(C)C[C@H](O)COCC2=CC[C@@H]3C[C@@H]2C3(C)C)no1. The van der Waals surface area contributed by atoms with Crippen molar-refractivity contribution in [2.45, 2.75) is 46.3 Å². The molecule has 1 fully saturated rings.